The summed E-state index contributed by atoms with van der Waals surface area (Å²) in [7, 11) is 3.03. The molecule has 0 fully saturated rings. The minimum atomic E-state index is -1.05. The van der Waals surface area contributed by atoms with Crippen molar-refractivity contribution in [1.82, 2.24) is 4.98 Å². The topological polar surface area (TPSA) is 102 Å². The van der Waals surface area contributed by atoms with E-state index in [4.69, 9.17) is 13.9 Å². The van der Waals surface area contributed by atoms with E-state index in [1.54, 1.807) is 31.2 Å². The summed E-state index contributed by atoms with van der Waals surface area (Å²) >= 11 is 0. The van der Waals surface area contributed by atoms with E-state index in [-0.39, 0.29) is 17.4 Å². The van der Waals surface area contributed by atoms with E-state index >= 15 is 0 Å². The molecule has 2 N–H and O–H groups in total. The van der Waals surface area contributed by atoms with Gasteiger partial charge in [0, 0.05) is 22.9 Å². The van der Waals surface area contributed by atoms with Crippen molar-refractivity contribution in [2.75, 3.05) is 14.2 Å². The summed E-state index contributed by atoms with van der Waals surface area (Å²) in [5, 5.41) is 9.49. The molecule has 0 aliphatic rings. The number of ether oxygens (including phenoxy) is 2. The largest absolute Gasteiger partial charge is 0.493 e. The van der Waals surface area contributed by atoms with Crippen LogP contribution < -0.4 is 15.0 Å². The van der Waals surface area contributed by atoms with E-state index in [1.807, 2.05) is 0 Å². The van der Waals surface area contributed by atoms with Crippen LogP contribution in [0.1, 0.15) is 11.3 Å². The number of H-pyrrole nitrogens is 1. The molecular weight excluding hydrogens is 326 g/mol. The Bertz CT molecular complexity index is 1010. The highest BCUT2D eigenvalue weighted by Gasteiger charge is 2.22. The van der Waals surface area contributed by atoms with Gasteiger partial charge in [-0.25, -0.2) is 0 Å². The quantitative estimate of drug-likeness (QED) is 0.738. The minimum absolute atomic E-state index is 0.248. The Balaban J connectivity index is 2.30. The molecule has 0 radical (unpaired) electrons. The normalized spacial score (nSPS) is 10.8. The van der Waals surface area contributed by atoms with Crippen LogP contribution in [-0.2, 0) is 11.2 Å². The molecule has 1 aromatic carbocycles. The Morgan fingerprint density at radius 2 is 1.92 bits per heavy atom. The van der Waals surface area contributed by atoms with Crippen LogP contribution in [0.15, 0.2) is 33.5 Å². The molecule has 0 amide bonds. The SMILES string of the molecule is COc1ccc(-c2oc3cc(C)[nH]c(=O)c3c2CC(=O)O)cc1OC. The number of carbonyl (C=O) groups is 1. The summed E-state index contributed by atoms with van der Waals surface area (Å²) in [5.74, 6) is 0.293. The van der Waals surface area contributed by atoms with Gasteiger partial charge in [-0.05, 0) is 25.1 Å². The van der Waals surface area contributed by atoms with E-state index < -0.39 is 5.97 Å². The Morgan fingerprint density at radius 1 is 1.20 bits per heavy atom. The molecule has 0 unspecified atom stereocenters. The minimum Gasteiger partial charge on any atom is -0.493 e. The molecule has 0 saturated carbocycles. The van der Waals surface area contributed by atoms with Gasteiger partial charge in [0.15, 0.2) is 11.5 Å². The average Bonchev–Trinajstić information content (AvgIpc) is 2.91. The third-order valence-electron chi connectivity index (χ3n) is 3.89. The third-order valence-corrected chi connectivity index (χ3v) is 3.89. The van der Waals surface area contributed by atoms with Crippen molar-refractivity contribution in [2.24, 2.45) is 0 Å². The van der Waals surface area contributed by atoms with Crippen LogP contribution in [0, 0.1) is 6.92 Å². The second-order valence-electron chi connectivity index (χ2n) is 5.57. The van der Waals surface area contributed by atoms with Gasteiger partial charge < -0.3 is 24.0 Å². The van der Waals surface area contributed by atoms with Crippen molar-refractivity contribution >= 4 is 16.9 Å². The highest BCUT2D eigenvalue weighted by Crippen LogP contribution is 2.37. The summed E-state index contributed by atoms with van der Waals surface area (Å²) in [4.78, 5) is 26.3. The standard InChI is InChI=1S/C18H17NO6/c1-9-6-14-16(18(22)19-9)11(8-15(20)21)17(25-14)10-4-5-12(23-2)13(7-10)24-3/h4-7H,8H2,1-3H3,(H,19,22)(H,20,21). The first kappa shape index (κ1) is 16.6. The lowest BCUT2D eigenvalue weighted by molar-refractivity contribution is -0.136. The number of aryl methyl sites for hydroxylation is 1. The lowest BCUT2D eigenvalue weighted by Crippen LogP contribution is -2.10. The summed E-state index contributed by atoms with van der Waals surface area (Å²) in [6.07, 6.45) is -0.331. The van der Waals surface area contributed by atoms with Crippen molar-refractivity contribution in [1.29, 1.82) is 0 Å². The first-order valence-electron chi connectivity index (χ1n) is 7.54. The van der Waals surface area contributed by atoms with Gasteiger partial charge in [-0.1, -0.05) is 0 Å². The Morgan fingerprint density at radius 3 is 2.56 bits per heavy atom. The number of furan rings is 1. The number of carboxylic acids is 1. The molecule has 2 heterocycles. The lowest BCUT2D eigenvalue weighted by Gasteiger charge is -2.09. The number of aromatic nitrogens is 1. The molecule has 0 aliphatic carbocycles. The molecule has 7 heteroatoms. The van der Waals surface area contributed by atoms with Crippen molar-refractivity contribution < 1.29 is 23.8 Å². The number of hydrogen-bond acceptors (Lipinski definition) is 5. The molecule has 3 rings (SSSR count). The van der Waals surface area contributed by atoms with Crippen LogP contribution in [-0.4, -0.2) is 30.3 Å². The van der Waals surface area contributed by atoms with Crippen molar-refractivity contribution in [3.8, 4) is 22.8 Å². The number of rotatable bonds is 5. The smallest absolute Gasteiger partial charge is 0.307 e. The highest BCUT2D eigenvalue weighted by atomic mass is 16.5. The number of hydrogen-bond donors (Lipinski definition) is 2. The van der Waals surface area contributed by atoms with Crippen molar-refractivity contribution in [2.45, 2.75) is 13.3 Å². The number of aliphatic carboxylic acids is 1. The molecule has 0 bridgehead atoms. The number of pyridine rings is 1. The fraction of sp³-hybridized carbons (Fsp3) is 0.222. The number of benzene rings is 1. The molecule has 0 aliphatic heterocycles. The fourth-order valence-electron chi connectivity index (χ4n) is 2.84. The van der Waals surface area contributed by atoms with Gasteiger partial charge in [-0.3, -0.25) is 9.59 Å². The van der Waals surface area contributed by atoms with Crippen molar-refractivity contribution in [3.63, 3.8) is 0 Å². The Kier molecular flexibility index (Phi) is 4.22. The van der Waals surface area contributed by atoms with Gasteiger partial charge in [0.1, 0.15) is 11.3 Å². The number of methoxy groups -OCH3 is 2. The number of fused-ring (bicyclic) bond motifs is 1. The molecule has 130 valence electrons. The Hall–Kier alpha value is -3.22. The van der Waals surface area contributed by atoms with Gasteiger partial charge in [0.05, 0.1) is 26.0 Å². The van der Waals surface area contributed by atoms with Crippen LogP contribution in [0.5, 0.6) is 11.5 Å². The maximum atomic E-state index is 12.3. The average molecular weight is 343 g/mol. The van der Waals surface area contributed by atoms with Crippen LogP contribution in [0.4, 0.5) is 0 Å². The second kappa shape index (κ2) is 6.35. The third kappa shape index (κ3) is 2.96. The maximum absolute atomic E-state index is 12.3. The zero-order valence-corrected chi connectivity index (χ0v) is 14.0. The molecule has 0 saturated heterocycles. The molecule has 25 heavy (non-hydrogen) atoms. The zero-order valence-electron chi connectivity index (χ0n) is 14.0. The monoisotopic (exact) mass is 343 g/mol. The van der Waals surface area contributed by atoms with E-state index in [9.17, 15) is 14.7 Å². The molecule has 2 aromatic heterocycles. The molecular formula is C18H17NO6. The summed E-state index contributed by atoms with van der Waals surface area (Å²) in [6, 6.07) is 6.78. The second-order valence-corrected chi connectivity index (χ2v) is 5.57. The lowest BCUT2D eigenvalue weighted by atomic mass is 10.0. The predicted molar refractivity (Wildman–Crippen MR) is 91.5 cm³/mol. The molecule has 0 atom stereocenters. The first-order valence-corrected chi connectivity index (χ1v) is 7.54. The molecule has 7 nitrogen and oxygen atoms in total. The van der Waals surface area contributed by atoms with Crippen LogP contribution in [0.3, 0.4) is 0 Å². The van der Waals surface area contributed by atoms with Gasteiger partial charge in [-0.15, -0.1) is 0 Å². The van der Waals surface area contributed by atoms with Gasteiger partial charge in [0.25, 0.3) is 5.56 Å². The molecule has 3 aromatic rings. The van der Waals surface area contributed by atoms with Crippen LogP contribution >= 0.6 is 0 Å². The van der Waals surface area contributed by atoms with Crippen LogP contribution in [0.25, 0.3) is 22.3 Å². The summed E-state index contributed by atoms with van der Waals surface area (Å²) in [6.45, 7) is 1.73. The summed E-state index contributed by atoms with van der Waals surface area (Å²) in [5.41, 5.74) is 1.54. The predicted octanol–water partition coefficient (Wildman–Crippen LogP) is 2.74. The maximum Gasteiger partial charge on any atom is 0.307 e. The van der Waals surface area contributed by atoms with E-state index in [0.29, 0.717) is 39.7 Å². The van der Waals surface area contributed by atoms with Gasteiger partial charge >= 0.3 is 5.97 Å². The van der Waals surface area contributed by atoms with Gasteiger partial charge in [-0.2, -0.15) is 0 Å². The van der Waals surface area contributed by atoms with Gasteiger partial charge in [0.2, 0.25) is 0 Å². The fourth-order valence-corrected chi connectivity index (χ4v) is 2.84. The molecule has 0 spiro atoms. The highest BCUT2D eigenvalue weighted by molar-refractivity contribution is 5.91. The summed E-state index contributed by atoms with van der Waals surface area (Å²) < 4.78 is 16.3. The first-order chi connectivity index (χ1) is 11.9. The zero-order chi connectivity index (χ0) is 18.1. The van der Waals surface area contributed by atoms with Crippen molar-refractivity contribution in [3.05, 3.63) is 45.9 Å². The number of carboxylic acid groups (broad SMARTS) is 1. The van der Waals surface area contributed by atoms with E-state index in [0.717, 1.165) is 0 Å². The van der Waals surface area contributed by atoms with Crippen LogP contribution in [0.2, 0.25) is 0 Å². The van der Waals surface area contributed by atoms with E-state index in [2.05, 4.69) is 4.98 Å². The Labute approximate surface area is 142 Å². The number of aromatic amines is 1. The van der Waals surface area contributed by atoms with E-state index in [1.165, 1.54) is 14.2 Å². The number of nitrogens with one attached hydrogen (secondary N) is 1.